The van der Waals surface area contributed by atoms with E-state index in [4.69, 9.17) is 0 Å². The van der Waals surface area contributed by atoms with Gasteiger partial charge in [0, 0.05) is 0 Å². The Balaban J connectivity index is 2.00. The summed E-state index contributed by atoms with van der Waals surface area (Å²) < 4.78 is 24.7. The summed E-state index contributed by atoms with van der Waals surface area (Å²) in [6.45, 7) is 0. The second-order valence-corrected chi connectivity index (χ2v) is 7.72. The number of benzene rings is 2. The van der Waals surface area contributed by atoms with Crippen LogP contribution in [-0.2, 0) is 21.1 Å². The van der Waals surface area contributed by atoms with Gasteiger partial charge in [0.15, 0.2) is 9.84 Å². The number of hydrogen-bond donors (Lipinski definition) is 2. The first-order valence-corrected chi connectivity index (χ1v) is 9.32. The monoisotopic (exact) mass is 348 g/mol. The maximum atomic E-state index is 12.3. The highest BCUT2D eigenvalue weighted by molar-refractivity contribution is 7.91. The molecule has 2 N–H and O–H groups in total. The highest BCUT2D eigenvalue weighted by Crippen LogP contribution is 2.20. The zero-order valence-electron chi connectivity index (χ0n) is 13.1. The molecule has 0 heterocycles. The van der Waals surface area contributed by atoms with Gasteiger partial charge in [0.05, 0.1) is 16.6 Å². The van der Waals surface area contributed by atoms with Gasteiger partial charge in [-0.2, -0.15) is 0 Å². The van der Waals surface area contributed by atoms with Crippen LogP contribution in [0.5, 0.6) is 5.75 Å². The first-order chi connectivity index (χ1) is 11.4. The Bertz CT molecular complexity index is 767. The molecule has 0 saturated carbocycles. The fourth-order valence-corrected chi connectivity index (χ4v) is 4.07. The van der Waals surface area contributed by atoms with Crippen molar-refractivity contribution in [1.82, 2.24) is 0 Å². The quantitative estimate of drug-likeness (QED) is 0.765. The topological polar surface area (TPSA) is 91.7 Å². The number of phenolic OH excluding ortho intramolecular Hbond substituents is 1. The van der Waals surface area contributed by atoms with Gasteiger partial charge in [0.25, 0.3) is 0 Å². The van der Waals surface area contributed by atoms with E-state index in [9.17, 15) is 23.4 Å². The smallest absolute Gasteiger partial charge is 0.307 e. The van der Waals surface area contributed by atoms with Crippen LogP contribution in [0.25, 0.3) is 0 Å². The van der Waals surface area contributed by atoms with Crippen LogP contribution in [0.1, 0.15) is 18.4 Å². The Morgan fingerprint density at radius 1 is 1.00 bits per heavy atom. The highest BCUT2D eigenvalue weighted by atomic mass is 32.2. The van der Waals surface area contributed by atoms with Gasteiger partial charge in [-0.3, -0.25) is 4.79 Å². The van der Waals surface area contributed by atoms with E-state index in [1.807, 2.05) is 30.3 Å². The van der Waals surface area contributed by atoms with Gasteiger partial charge in [-0.1, -0.05) is 30.3 Å². The van der Waals surface area contributed by atoms with E-state index in [1.54, 1.807) is 0 Å². The van der Waals surface area contributed by atoms with E-state index in [1.165, 1.54) is 24.3 Å². The van der Waals surface area contributed by atoms with Gasteiger partial charge in [-0.15, -0.1) is 0 Å². The lowest BCUT2D eigenvalue weighted by Gasteiger charge is -2.13. The number of aliphatic carboxylic acids is 1. The lowest BCUT2D eigenvalue weighted by Crippen LogP contribution is -2.24. The van der Waals surface area contributed by atoms with Gasteiger partial charge in [-0.25, -0.2) is 8.42 Å². The van der Waals surface area contributed by atoms with E-state index in [0.29, 0.717) is 19.3 Å². The Hall–Kier alpha value is -2.34. The van der Waals surface area contributed by atoms with Gasteiger partial charge in [0.1, 0.15) is 5.75 Å². The molecule has 1 atom stereocenters. The molecule has 0 aliphatic rings. The molecule has 0 aliphatic carbocycles. The SMILES string of the molecule is O=C(O)C(CCCc1ccccc1)CS(=O)(=O)c1ccc(O)cc1. The number of aromatic hydroxyl groups is 1. The molecule has 0 amide bonds. The lowest BCUT2D eigenvalue weighted by atomic mass is 10.0. The van der Waals surface area contributed by atoms with Crippen LogP contribution in [-0.4, -0.2) is 30.4 Å². The summed E-state index contributed by atoms with van der Waals surface area (Å²) in [7, 11) is -3.71. The number of rotatable bonds is 8. The molecular formula is C18H20O5S. The van der Waals surface area contributed by atoms with E-state index >= 15 is 0 Å². The molecule has 0 saturated heterocycles. The van der Waals surface area contributed by atoms with E-state index in [-0.39, 0.29) is 10.6 Å². The first kappa shape index (κ1) is 18.0. The number of carboxylic acid groups (broad SMARTS) is 1. The zero-order chi connectivity index (χ0) is 17.6. The molecule has 0 radical (unpaired) electrons. The van der Waals surface area contributed by atoms with Crippen molar-refractivity contribution in [2.75, 3.05) is 5.75 Å². The van der Waals surface area contributed by atoms with E-state index in [0.717, 1.165) is 5.56 Å². The molecule has 5 nitrogen and oxygen atoms in total. The largest absolute Gasteiger partial charge is 0.508 e. The fraction of sp³-hybridized carbons (Fsp3) is 0.278. The molecule has 128 valence electrons. The van der Waals surface area contributed by atoms with Crippen LogP contribution in [0.15, 0.2) is 59.5 Å². The minimum Gasteiger partial charge on any atom is -0.508 e. The molecule has 0 spiro atoms. The van der Waals surface area contributed by atoms with Crippen molar-refractivity contribution >= 4 is 15.8 Å². The average molecular weight is 348 g/mol. The fourth-order valence-electron chi connectivity index (χ4n) is 2.49. The van der Waals surface area contributed by atoms with Crippen LogP contribution < -0.4 is 0 Å². The second kappa shape index (κ2) is 7.97. The summed E-state index contributed by atoms with van der Waals surface area (Å²) in [5.41, 5.74) is 1.10. The molecule has 2 rings (SSSR count). The number of phenols is 1. The van der Waals surface area contributed by atoms with Gasteiger partial charge in [-0.05, 0) is 49.1 Å². The molecule has 2 aromatic carbocycles. The predicted molar refractivity (Wildman–Crippen MR) is 90.7 cm³/mol. The van der Waals surface area contributed by atoms with Crippen molar-refractivity contribution in [2.45, 2.75) is 24.2 Å². The zero-order valence-corrected chi connectivity index (χ0v) is 13.9. The van der Waals surface area contributed by atoms with E-state index in [2.05, 4.69) is 0 Å². The van der Waals surface area contributed by atoms with E-state index < -0.39 is 27.5 Å². The van der Waals surface area contributed by atoms with Crippen molar-refractivity contribution < 1.29 is 23.4 Å². The number of hydrogen-bond acceptors (Lipinski definition) is 4. The minimum atomic E-state index is -3.71. The third-order valence-corrected chi connectivity index (χ3v) is 5.66. The minimum absolute atomic E-state index is 0.0228. The molecule has 0 fully saturated rings. The molecule has 0 aliphatic heterocycles. The Labute approximate surface area is 141 Å². The Kier molecular flexibility index (Phi) is 5.98. The van der Waals surface area contributed by atoms with Gasteiger partial charge in [0.2, 0.25) is 0 Å². The van der Waals surface area contributed by atoms with Gasteiger partial charge >= 0.3 is 5.97 Å². The van der Waals surface area contributed by atoms with Crippen molar-refractivity contribution in [1.29, 1.82) is 0 Å². The van der Waals surface area contributed by atoms with Crippen molar-refractivity contribution in [3.05, 3.63) is 60.2 Å². The summed E-state index contributed by atoms with van der Waals surface area (Å²) in [5.74, 6) is -2.54. The average Bonchev–Trinajstić information content (AvgIpc) is 2.55. The van der Waals surface area contributed by atoms with Crippen molar-refractivity contribution in [3.8, 4) is 5.75 Å². The molecule has 0 aromatic heterocycles. The summed E-state index contributed by atoms with van der Waals surface area (Å²) >= 11 is 0. The second-order valence-electron chi connectivity index (χ2n) is 5.69. The third kappa shape index (κ3) is 5.09. The molecule has 6 heteroatoms. The molecule has 24 heavy (non-hydrogen) atoms. The van der Waals surface area contributed by atoms with Crippen molar-refractivity contribution in [3.63, 3.8) is 0 Å². The highest BCUT2D eigenvalue weighted by Gasteiger charge is 2.26. The number of carbonyl (C=O) groups is 1. The predicted octanol–water partition coefficient (Wildman–Crippen LogP) is 2.89. The number of carboxylic acids is 1. The summed E-state index contributed by atoms with van der Waals surface area (Å²) in [6, 6.07) is 14.8. The summed E-state index contributed by atoms with van der Waals surface area (Å²) in [6.07, 6.45) is 1.61. The maximum absolute atomic E-state index is 12.3. The van der Waals surface area contributed by atoms with Crippen LogP contribution in [0, 0.1) is 5.92 Å². The normalized spacial score (nSPS) is 12.7. The number of aryl methyl sites for hydroxylation is 1. The Morgan fingerprint density at radius 3 is 2.21 bits per heavy atom. The van der Waals surface area contributed by atoms with Crippen LogP contribution in [0.3, 0.4) is 0 Å². The molecule has 2 aromatic rings. The van der Waals surface area contributed by atoms with Gasteiger partial charge < -0.3 is 10.2 Å². The Morgan fingerprint density at radius 2 is 1.62 bits per heavy atom. The van der Waals surface area contributed by atoms with Crippen LogP contribution in [0.4, 0.5) is 0 Å². The standard InChI is InChI=1S/C18H20O5S/c19-16-9-11-17(12-10-16)24(22,23)13-15(18(20)21)8-4-7-14-5-2-1-3-6-14/h1-3,5-6,9-12,15,19H,4,7-8,13H2,(H,20,21). The number of sulfone groups is 1. The van der Waals surface area contributed by atoms with Crippen molar-refractivity contribution in [2.24, 2.45) is 5.92 Å². The molecular weight excluding hydrogens is 328 g/mol. The third-order valence-electron chi connectivity index (χ3n) is 3.83. The lowest BCUT2D eigenvalue weighted by molar-refractivity contribution is -0.141. The maximum Gasteiger partial charge on any atom is 0.307 e. The molecule has 0 bridgehead atoms. The van der Waals surface area contributed by atoms with Crippen LogP contribution >= 0.6 is 0 Å². The van der Waals surface area contributed by atoms with Crippen LogP contribution in [0.2, 0.25) is 0 Å². The summed E-state index contributed by atoms with van der Waals surface area (Å²) in [5, 5.41) is 18.5. The molecule has 1 unspecified atom stereocenters. The first-order valence-electron chi connectivity index (χ1n) is 7.67. The summed E-state index contributed by atoms with van der Waals surface area (Å²) in [4.78, 5) is 11.4.